The second-order valence-electron chi connectivity index (χ2n) is 4.80. The Morgan fingerprint density at radius 1 is 1.38 bits per heavy atom. The van der Waals surface area contributed by atoms with Gasteiger partial charge >= 0.3 is 0 Å². The summed E-state index contributed by atoms with van der Waals surface area (Å²) >= 11 is 6.68. The highest BCUT2D eigenvalue weighted by Gasteiger charge is 2.16. The van der Waals surface area contributed by atoms with Crippen molar-refractivity contribution >= 4 is 34.4 Å². The predicted octanol–water partition coefficient (Wildman–Crippen LogP) is 1.43. The standard InChI is InChI=1S/C13H15FN4OS2/c14-10-3-1-2-4-11(10)15-12-16-18(13(20)21-12)9-17-5-7-19-8-6-17/h1-4H,5-9H2,(H,15,16)/p+1. The SMILES string of the molecule is Fc1ccccc1Nc1nn(C[NH+]2CCOCC2)c(=S)s1. The summed E-state index contributed by atoms with van der Waals surface area (Å²) < 4.78 is 21.4. The first-order valence-corrected chi connectivity index (χ1v) is 7.95. The zero-order chi connectivity index (χ0) is 14.7. The molecule has 1 aromatic carbocycles. The number of para-hydroxylation sites is 1. The second kappa shape index (κ2) is 6.61. The van der Waals surface area contributed by atoms with E-state index in [2.05, 4.69) is 10.4 Å². The molecule has 0 aliphatic carbocycles. The van der Waals surface area contributed by atoms with Crippen molar-refractivity contribution in [3.63, 3.8) is 0 Å². The number of benzene rings is 1. The van der Waals surface area contributed by atoms with E-state index >= 15 is 0 Å². The maximum absolute atomic E-state index is 13.6. The van der Waals surface area contributed by atoms with Crippen LogP contribution in [0.5, 0.6) is 0 Å². The largest absolute Gasteiger partial charge is 0.370 e. The predicted molar refractivity (Wildman–Crippen MR) is 82.1 cm³/mol. The van der Waals surface area contributed by atoms with Crippen molar-refractivity contribution in [2.24, 2.45) is 0 Å². The molecule has 0 saturated carbocycles. The monoisotopic (exact) mass is 327 g/mol. The van der Waals surface area contributed by atoms with Crippen LogP contribution in [0.25, 0.3) is 0 Å². The smallest absolute Gasteiger partial charge is 0.209 e. The Bertz CT molecular complexity index is 666. The second-order valence-corrected chi connectivity index (χ2v) is 6.42. The minimum atomic E-state index is -0.302. The number of aromatic nitrogens is 2. The summed E-state index contributed by atoms with van der Waals surface area (Å²) in [7, 11) is 0. The van der Waals surface area contributed by atoms with E-state index in [9.17, 15) is 4.39 Å². The molecular formula is C13H16FN4OS2+. The van der Waals surface area contributed by atoms with Crippen molar-refractivity contribution < 1.29 is 14.0 Å². The van der Waals surface area contributed by atoms with Crippen molar-refractivity contribution in [3.8, 4) is 0 Å². The number of hydrogen-bond donors (Lipinski definition) is 2. The first-order chi connectivity index (χ1) is 10.2. The number of ether oxygens (including phenoxy) is 1. The molecule has 3 rings (SSSR count). The topological polar surface area (TPSA) is 43.5 Å². The van der Waals surface area contributed by atoms with E-state index in [1.807, 2.05) is 0 Å². The molecule has 0 bridgehead atoms. The molecule has 1 fully saturated rings. The van der Waals surface area contributed by atoms with Gasteiger partial charge in [-0.3, -0.25) is 0 Å². The van der Waals surface area contributed by atoms with Gasteiger partial charge in [0.25, 0.3) is 0 Å². The third-order valence-corrected chi connectivity index (χ3v) is 4.52. The van der Waals surface area contributed by atoms with Gasteiger partial charge in [-0.05, 0) is 24.4 Å². The summed E-state index contributed by atoms with van der Waals surface area (Å²) in [5.74, 6) is -0.302. The molecule has 2 N–H and O–H groups in total. The maximum Gasteiger partial charge on any atom is 0.209 e. The average molecular weight is 327 g/mol. The lowest BCUT2D eigenvalue weighted by Gasteiger charge is -2.23. The van der Waals surface area contributed by atoms with E-state index in [1.54, 1.807) is 22.9 Å². The first-order valence-electron chi connectivity index (χ1n) is 6.73. The normalized spacial score (nSPS) is 16.0. The molecule has 1 aliphatic heterocycles. The van der Waals surface area contributed by atoms with E-state index in [4.69, 9.17) is 17.0 Å². The summed E-state index contributed by atoms with van der Waals surface area (Å²) in [4.78, 5) is 1.39. The van der Waals surface area contributed by atoms with Gasteiger partial charge in [-0.1, -0.05) is 23.5 Å². The number of anilines is 2. The van der Waals surface area contributed by atoms with Gasteiger partial charge < -0.3 is 15.0 Å². The quantitative estimate of drug-likeness (QED) is 0.834. The molecule has 112 valence electrons. The Labute approximate surface area is 131 Å². The van der Waals surface area contributed by atoms with Crippen LogP contribution in [0.15, 0.2) is 24.3 Å². The fraction of sp³-hybridized carbons (Fsp3) is 0.385. The highest BCUT2D eigenvalue weighted by molar-refractivity contribution is 7.73. The van der Waals surface area contributed by atoms with Crippen molar-refractivity contribution in [2.75, 3.05) is 31.6 Å². The highest BCUT2D eigenvalue weighted by atomic mass is 32.1. The summed E-state index contributed by atoms with van der Waals surface area (Å²) in [6.07, 6.45) is 0. The minimum absolute atomic E-state index is 0.302. The fourth-order valence-electron chi connectivity index (χ4n) is 2.16. The van der Waals surface area contributed by atoms with Crippen LogP contribution in [-0.4, -0.2) is 36.1 Å². The average Bonchev–Trinajstić information content (AvgIpc) is 2.82. The number of nitrogens with one attached hydrogen (secondary N) is 2. The lowest BCUT2D eigenvalue weighted by Crippen LogP contribution is -3.13. The van der Waals surface area contributed by atoms with E-state index < -0.39 is 0 Å². The molecule has 1 aliphatic rings. The summed E-state index contributed by atoms with van der Waals surface area (Å²) in [5.41, 5.74) is 0.409. The highest BCUT2D eigenvalue weighted by Crippen LogP contribution is 2.21. The van der Waals surface area contributed by atoms with Gasteiger partial charge in [0.1, 0.15) is 18.9 Å². The lowest BCUT2D eigenvalue weighted by molar-refractivity contribution is -0.930. The molecule has 5 nitrogen and oxygen atoms in total. The van der Waals surface area contributed by atoms with E-state index in [-0.39, 0.29) is 5.82 Å². The molecular weight excluding hydrogens is 311 g/mol. The third-order valence-electron chi connectivity index (χ3n) is 3.30. The van der Waals surface area contributed by atoms with E-state index in [0.29, 0.717) is 14.8 Å². The Hall–Kier alpha value is -1.35. The van der Waals surface area contributed by atoms with Gasteiger partial charge in [0.05, 0.1) is 18.9 Å². The zero-order valence-electron chi connectivity index (χ0n) is 11.3. The van der Waals surface area contributed by atoms with Crippen LogP contribution in [0.2, 0.25) is 0 Å². The van der Waals surface area contributed by atoms with Crippen molar-refractivity contribution in [3.05, 3.63) is 34.0 Å². The molecule has 0 amide bonds. The van der Waals surface area contributed by atoms with Gasteiger partial charge in [-0.25, -0.2) is 4.39 Å². The fourth-order valence-corrected chi connectivity index (χ4v) is 3.18. The molecule has 0 spiro atoms. The molecule has 0 unspecified atom stereocenters. The number of quaternary nitrogens is 1. The maximum atomic E-state index is 13.6. The number of halogens is 1. The number of hydrogen-bond acceptors (Lipinski definition) is 5. The zero-order valence-corrected chi connectivity index (χ0v) is 13.0. The lowest BCUT2D eigenvalue weighted by atomic mass is 10.3. The number of nitrogens with zero attached hydrogens (tertiary/aromatic N) is 2. The van der Waals surface area contributed by atoms with Crippen LogP contribution >= 0.6 is 23.6 Å². The van der Waals surface area contributed by atoms with Crippen LogP contribution in [0.3, 0.4) is 0 Å². The molecule has 8 heteroatoms. The van der Waals surface area contributed by atoms with Crippen LogP contribution in [0.1, 0.15) is 0 Å². The van der Waals surface area contributed by atoms with Crippen molar-refractivity contribution in [1.82, 2.24) is 9.78 Å². The van der Waals surface area contributed by atoms with E-state index in [1.165, 1.54) is 22.3 Å². The van der Waals surface area contributed by atoms with Crippen molar-refractivity contribution in [2.45, 2.75) is 6.67 Å². The molecule has 2 aromatic rings. The van der Waals surface area contributed by atoms with Crippen molar-refractivity contribution in [1.29, 1.82) is 0 Å². The Kier molecular flexibility index (Phi) is 4.59. The molecule has 2 heterocycles. The van der Waals surface area contributed by atoms with Gasteiger partial charge in [-0.2, -0.15) is 4.68 Å². The number of rotatable bonds is 4. The van der Waals surface area contributed by atoms with Gasteiger partial charge in [0.2, 0.25) is 5.13 Å². The Morgan fingerprint density at radius 3 is 2.90 bits per heavy atom. The van der Waals surface area contributed by atoms with E-state index in [0.717, 1.165) is 33.0 Å². The minimum Gasteiger partial charge on any atom is -0.370 e. The van der Waals surface area contributed by atoms with Gasteiger partial charge in [0, 0.05) is 0 Å². The molecule has 0 atom stereocenters. The Morgan fingerprint density at radius 2 is 2.14 bits per heavy atom. The molecule has 1 aromatic heterocycles. The van der Waals surface area contributed by atoms with Gasteiger partial charge in [-0.15, -0.1) is 5.10 Å². The Balaban J connectivity index is 1.72. The van der Waals surface area contributed by atoms with Crippen LogP contribution < -0.4 is 10.2 Å². The summed E-state index contributed by atoms with van der Waals surface area (Å²) in [6.45, 7) is 4.17. The number of morpholine rings is 1. The van der Waals surface area contributed by atoms with Crippen LogP contribution in [-0.2, 0) is 11.4 Å². The van der Waals surface area contributed by atoms with Crippen LogP contribution in [0, 0.1) is 9.77 Å². The third kappa shape index (κ3) is 3.65. The molecule has 1 saturated heterocycles. The van der Waals surface area contributed by atoms with Gasteiger partial charge in [0.15, 0.2) is 10.6 Å². The first kappa shape index (κ1) is 14.6. The van der Waals surface area contributed by atoms with Crippen LogP contribution in [0.4, 0.5) is 15.2 Å². The molecule has 21 heavy (non-hydrogen) atoms. The summed E-state index contributed by atoms with van der Waals surface area (Å²) in [6, 6.07) is 6.52. The summed E-state index contributed by atoms with van der Waals surface area (Å²) in [5, 5.41) is 8.02. The molecule has 0 radical (unpaired) electrons.